The number of nitrogens with zero attached hydrogens (tertiary/aromatic N) is 2. The third-order valence-electron chi connectivity index (χ3n) is 4.74. The first-order chi connectivity index (χ1) is 10.2. The van der Waals surface area contributed by atoms with Gasteiger partial charge in [0.1, 0.15) is 16.2 Å². The lowest BCUT2D eigenvalue weighted by Crippen LogP contribution is -2.23. The summed E-state index contributed by atoms with van der Waals surface area (Å²) >= 11 is 1.85. The van der Waals surface area contributed by atoms with E-state index in [0.29, 0.717) is 0 Å². The number of aromatic nitrogens is 2. The summed E-state index contributed by atoms with van der Waals surface area (Å²) < 4.78 is 5.93. The second-order valence-corrected chi connectivity index (χ2v) is 7.30. The predicted molar refractivity (Wildman–Crippen MR) is 86.1 cm³/mol. The number of hydrogen-bond acceptors (Lipinski definition) is 5. The molecule has 112 valence electrons. The van der Waals surface area contributed by atoms with Crippen LogP contribution in [0.25, 0.3) is 10.2 Å². The average Bonchev–Trinajstić information content (AvgIpc) is 3.10. The van der Waals surface area contributed by atoms with E-state index in [-0.39, 0.29) is 5.60 Å². The van der Waals surface area contributed by atoms with Gasteiger partial charge in [0.25, 0.3) is 0 Å². The van der Waals surface area contributed by atoms with E-state index in [4.69, 9.17) is 14.7 Å². The molecular weight excluding hydrogens is 282 g/mol. The molecule has 1 fully saturated rings. The number of aryl methyl sites for hydroxylation is 2. The van der Waals surface area contributed by atoms with Gasteiger partial charge in [-0.1, -0.05) is 0 Å². The maximum atomic E-state index is 5.93. The summed E-state index contributed by atoms with van der Waals surface area (Å²) in [6.45, 7) is 2.93. The molecule has 3 heterocycles. The lowest BCUT2D eigenvalue weighted by Gasteiger charge is -2.22. The molecule has 21 heavy (non-hydrogen) atoms. The van der Waals surface area contributed by atoms with Gasteiger partial charge in [-0.2, -0.15) is 0 Å². The highest BCUT2D eigenvalue weighted by Crippen LogP contribution is 2.41. The number of fused-ring (bicyclic) bond motifs is 3. The van der Waals surface area contributed by atoms with Gasteiger partial charge in [-0.25, -0.2) is 9.97 Å². The molecule has 0 radical (unpaired) electrons. The molecule has 0 aromatic carbocycles. The van der Waals surface area contributed by atoms with Crippen LogP contribution in [0.2, 0.25) is 0 Å². The van der Waals surface area contributed by atoms with E-state index < -0.39 is 0 Å². The minimum atomic E-state index is -0.315. The zero-order chi connectivity index (χ0) is 14.4. The zero-order valence-corrected chi connectivity index (χ0v) is 13.5. The third kappa shape index (κ3) is 2.06. The average molecular weight is 303 g/mol. The Balaban J connectivity index is 1.92. The van der Waals surface area contributed by atoms with Gasteiger partial charge in [0.2, 0.25) is 0 Å². The molecule has 1 saturated heterocycles. The van der Waals surface area contributed by atoms with Crippen molar-refractivity contribution in [2.75, 3.05) is 19.0 Å². The monoisotopic (exact) mass is 303 g/mol. The summed E-state index contributed by atoms with van der Waals surface area (Å²) in [6.07, 6.45) is 7.05. The largest absolute Gasteiger partial charge is 0.372 e. The van der Waals surface area contributed by atoms with Gasteiger partial charge in [0, 0.05) is 18.5 Å². The molecule has 1 aliphatic heterocycles. The molecule has 0 spiro atoms. The van der Waals surface area contributed by atoms with E-state index in [1.807, 2.05) is 18.4 Å². The molecule has 2 aromatic heterocycles. The number of hydrogen-bond donors (Lipinski definition) is 1. The van der Waals surface area contributed by atoms with Gasteiger partial charge in [0.15, 0.2) is 5.82 Å². The molecule has 1 unspecified atom stereocenters. The predicted octanol–water partition coefficient (Wildman–Crippen LogP) is 3.64. The van der Waals surface area contributed by atoms with E-state index >= 15 is 0 Å². The molecule has 5 heteroatoms. The van der Waals surface area contributed by atoms with Crippen molar-refractivity contribution < 1.29 is 4.74 Å². The third-order valence-corrected chi connectivity index (χ3v) is 5.93. The SMILES string of the molecule is CNc1nc(C2(C)CCCO2)nc2sc3c(c12)CCCC3. The van der Waals surface area contributed by atoms with Crippen LogP contribution in [-0.4, -0.2) is 23.6 Å². The van der Waals surface area contributed by atoms with Crippen LogP contribution >= 0.6 is 11.3 Å². The maximum Gasteiger partial charge on any atom is 0.163 e. The van der Waals surface area contributed by atoms with Crippen molar-refractivity contribution in [1.29, 1.82) is 0 Å². The van der Waals surface area contributed by atoms with Gasteiger partial charge >= 0.3 is 0 Å². The van der Waals surface area contributed by atoms with Crippen molar-refractivity contribution in [3.8, 4) is 0 Å². The topological polar surface area (TPSA) is 47.0 Å². The van der Waals surface area contributed by atoms with Crippen molar-refractivity contribution in [3.63, 3.8) is 0 Å². The Labute approximate surface area is 128 Å². The first-order valence-corrected chi connectivity index (χ1v) is 8.67. The molecule has 0 bridgehead atoms. The standard InChI is InChI=1S/C16H21N3OS/c1-16(8-5-9-20-16)15-18-13(17-2)12-10-6-3-4-7-11(10)21-14(12)19-15/h3-9H2,1-2H3,(H,17,18,19). The fourth-order valence-corrected chi connectivity index (χ4v) is 4.79. The Morgan fingerprint density at radius 1 is 1.19 bits per heavy atom. The summed E-state index contributed by atoms with van der Waals surface area (Å²) in [7, 11) is 1.95. The minimum absolute atomic E-state index is 0.315. The molecule has 4 nitrogen and oxygen atoms in total. The zero-order valence-electron chi connectivity index (χ0n) is 12.7. The lowest BCUT2D eigenvalue weighted by molar-refractivity contribution is 0.00976. The van der Waals surface area contributed by atoms with E-state index in [0.717, 1.165) is 35.9 Å². The molecule has 2 aromatic rings. The van der Waals surface area contributed by atoms with Crippen LogP contribution < -0.4 is 5.32 Å². The fraction of sp³-hybridized carbons (Fsp3) is 0.625. The van der Waals surface area contributed by atoms with Crippen LogP contribution in [0.4, 0.5) is 5.82 Å². The fourth-order valence-electron chi connectivity index (χ4n) is 3.53. The van der Waals surface area contributed by atoms with Gasteiger partial charge in [0.05, 0.1) is 5.39 Å². The smallest absolute Gasteiger partial charge is 0.163 e. The molecule has 0 saturated carbocycles. The van der Waals surface area contributed by atoms with Crippen LogP contribution in [0.1, 0.15) is 48.9 Å². The maximum absolute atomic E-state index is 5.93. The van der Waals surface area contributed by atoms with Crippen molar-refractivity contribution in [2.45, 2.75) is 51.0 Å². The summed E-state index contributed by atoms with van der Waals surface area (Å²) in [5.41, 5.74) is 1.17. The summed E-state index contributed by atoms with van der Waals surface area (Å²) in [5.74, 6) is 1.82. The first kappa shape index (κ1) is 13.5. The molecule has 1 aliphatic carbocycles. The summed E-state index contributed by atoms with van der Waals surface area (Å²) in [6, 6.07) is 0. The van der Waals surface area contributed by atoms with E-state index in [1.165, 1.54) is 41.5 Å². The molecule has 1 N–H and O–H groups in total. The van der Waals surface area contributed by atoms with Crippen molar-refractivity contribution >= 4 is 27.4 Å². The molecule has 0 amide bonds. The highest BCUT2D eigenvalue weighted by molar-refractivity contribution is 7.19. The van der Waals surface area contributed by atoms with Crippen LogP contribution in [-0.2, 0) is 23.2 Å². The highest BCUT2D eigenvalue weighted by Gasteiger charge is 2.36. The quantitative estimate of drug-likeness (QED) is 0.920. The number of ether oxygens (including phenoxy) is 1. The molecular formula is C16H21N3OS. The Bertz CT molecular complexity index is 688. The second-order valence-electron chi connectivity index (χ2n) is 6.22. The Kier molecular flexibility index (Phi) is 3.15. The summed E-state index contributed by atoms with van der Waals surface area (Å²) in [5, 5.41) is 4.54. The van der Waals surface area contributed by atoms with Crippen molar-refractivity contribution in [1.82, 2.24) is 9.97 Å². The Morgan fingerprint density at radius 2 is 2.05 bits per heavy atom. The number of rotatable bonds is 2. The second kappa shape index (κ2) is 4.92. The molecule has 4 rings (SSSR count). The minimum Gasteiger partial charge on any atom is -0.372 e. The number of thiophene rings is 1. The molecule has 1 atom stereocenters. The van der Waals surface area contributed by atoms with Gasteiger partial charge in [-0.05, 0) is 51.0 Å². The van der Waals surface area contributed by atoms with E-state index in [9.17, 15) is 0 Å². The van der Waals surface area contributed by atoms with Crippen LogP contribution in [0.15, 0.2) is 0 Å². The Morgan fingerprint density at radius 3 is 2.81 bits per heavy atom. The number of anilines is 1. The Hall–Kier alpha value is -1.20. The summed E-state index contributed by atoms with van der Waals surface area (Å²) in [4.78, 5) is 12.3. The van der Waals surface area contributed by atoms with E-state index in [1.54, 1.807) is 0 Å². The van der Waals surface area contributed by atoms with Gasteiger partial charge in [-0.3, -0.25) is 0 Å². The van der Waals surface area contributed by atoms with Gasteiger partial charge < -0.3 is 10.1 Å². The first-order valence-electron chi connectivity index (χ1n) is 7.86. The molecule has 2 aliphatic rings. The normalized spacial score (nSPS) is 25.2. The van der Waals surface area contributed by atoms with Crippen LogP contribution in [0, 0.1) is 0 Å². The highest BCUT2D eigenvalue weighted by atomic mass is 32.1. The van der Waals surface area contributed by atoms with Gasteiger partial charge in [-0.15, -0.1) is 11.3 Å². The van der Waals surface area contributed by atoms with E-state index in [2.05, 4.69) is 12.2 Å². The number of nitrogens with one attached hydrogen (secondary N) is 1. The van der Waals surface area contributed by atoms with Crippen LogP contribution in [0.5, 0.6) is 0 Å². The van der Waals surface area contributed by atoms with Crippen molar-refractivity contribution in [2.24, 2.45) is 0 Å². The van der Waals surface area contributed by atoms with Crippen LogP contribution in [0.3, 0.4) is 0 Å². The van der Waals surface area contributed by atoms with Crippen molar-refractivity contribution in [3.05, 3.63) is 16.3 Å². The lowest BCUT2D eigenvalue weighted by atomic mass is 9.96.